The van der Waals surface area contributed by atoms with Crippen LogP contribution in [0.5, 0.6) is 0 Å². The molecule has 0 fully saturated rings. The van der Waals surface area contributed by atoms with Gasteiger partial charge in [-0.15, -0.1) is 0 Å². The van der Waals surface area contributed by atoms with Crippen LogP contribution >= 0.6 is 15.9 Å². The highest BCUT2D eigenvalue weighted by Gasteiger charge is 2.38. The number of halogens is 1. The largest absolute Gasteiger partial charge is 0.478 e. The summed E-state index contributed by atoms with van der Waals surface area (Å²) in [6, 6.07) is 14.9. The lowest BCUT2D eigenvalue weighted by atomic mass is 9.80. The molecule has 1 aliphatic heterocycles. The van der Waals surface area contributed by atoms with Crippen LogP contribution in [0.4, 0.5) is 5.69 Å². The number of dihydropyridines is 1. The zero-order valence-corrected chi connectivity index (χ0v) is 19.7. The second-order valence-electron chi connectivity index (χ2n) is 7.57. The van der Waals surface area contributed by atoms with Gasteiger partial charge in [0.25, 0.3) is 5.69 Å². The fourth-order valence-electron chi connectivity index (χ4n) is 3.95. The Morgan fingerprint density at radius 3 is 2.39 bits per heavy atom. The number of allylic oxidation sites excluding steroid dienone is 2. The quantitative estimate of drug-likeness (QED) is 0.220. The van der Waals surface area contributed by atoms with Gasteiger partial charge in [0.05, 0.1) is 22.0 Å². The minimum Gasteiger partial charge on any atom is -0.478 e. The Bertz CT molecular complexity index is 1140. The van der Waals surface area contributed by atoms with Crippen LogP contribution in [0.2, 0.25) is 0 Å². The highest BCUT2D eigenvalue weighted by Crippen LogP contribution is 2.40. The molecule has 0 aliphatic carbocycles. The number of hydrogen-bond acceptors (Lipinski definition) is 6. The maximum atomic E-state index is 13.5. The van der Waals surface area contributed by atoms with E-state index in [4.69, 9.17) is 4.74 Å². The van der Waals surface area contributed by atoms with Crippen LogP contribution in [0, 0.1) is 10.1 Å². The molecule has 0 spiro atoms. The molecule has 172 valence electrons. The molecule has 0 aromatic heterocycles. The van der Waals surface area contributed by atoms with E-state index < -0.39 is 28.9 Å². The van der Waals surface area contributed by atoms with Crippen molar-refractivity contribution in [2.45, 2.75) is 32.3 Å². The van der Waals surface area contributed by atoms with Gasteiger partial charge >= 0.3 is 11.9 Å². The van der Waals surface area contributed by atoms with Gasteiger partial charge in [0.2, 0.25) is 0 Å². The van der Waals surface area contributed by atoms with Gasteiger partial charge in [-0.25, -0.2) is 9.59 Å². The number of carbonyl (C=O) groups excluding carboxylic acids is 1. The molecule has 2 aromatic rings. The van der Waals surface area contributed by atoms with Gasteiger partial charge in [-0.05, 0) is 31.4 Å². The van der Waals surface area contributed by atoms with Crippen molar-refractivity contribution in [3.8, 4) is 0 Å². The number of carbonyl (C=O) groups is 2. The second kappa shape index (κ2) is 10.4. The number of esters is 1. The van der Waals surface area contributed by atoms with Crippen molar-refractivity contribution in [2.24, 2.45) is 0 Å². The third kappa shape index (κ3) is 5.31. The van der Waals surface area contributed by atoms with E-state index in [2.05, 4.69) is 21.2 Å². The Kier molecular flexibility index (Phi) is 7.65. The van der Waals surface area contributed by atoms with Gasteiger partial charge in [0.15, 0.2) is 0 Å². The summed E-state index contributed by atoms with van der Waals surface area (Å²) in [7, 11) is 0. The van der Waals surface area contributed by atoms with Crippen molar-refractivity contribution in [3.63, 3.8) is 0 Å². The van der Waals surface area contributed by atoms with Crippen LogP contribution in [0.15, 0.2) is 77.1 Å². The van der Waals surface area contributed by atoms with E-state index in [0.29, 0.717) is 28.7 Å². The summed E-state index contributed by atoms with van der Waals surface area (Å²) in [6.07, 6.45) is -0.0399. The lowest BCUT2D eigenvalue weighted by molar-refractivity contribution is -0.384. The molecule has 2 N–H and O–H groups in total. The van der Waals surface area contributed by atoms with Gasteiger partial charge in [-0.3, -0.25) is 10.1 Å². The van der Waals surface area contributed by atoms with E-state index in [-0.39, 0.29) is 16.8 Å². The number of hydrogen-bond donors (Lipinski definition) is 2. The van der Waals surface area contributed by atoms with E-state index in [1.54, 1.807) is 19.9 Å². The zero-order valence-electron chi connectivity index (χ0n) is 18.1. The molecule has 0 bridgehead atoms. The normalized spacial score (nSPS) is 16.8. The van der Waals surface area contributed by atoms with Crippen molar-refractivity contribution in [1.29, 1.82) is 0 Å². The van der Waals surface area contributed by atoms with Crippen LogP contribution < -0.4 is 5.32 Å². The van der Waals surface area contributed by atoms with Crippen molar-refractivity contribution in [2.75, 3.05) is 5.33 Å². The highest BCUT2D eigenvalue weighted by molar-refractivity contribution is 9.09. The Morgan fingerprint density at radius 2 is 1.79 bits per heavy atom. The second-order valence-corrected chi connectivity index (χ2v) is 8.37. The van der Waals surface area contributed by atoms with Gasteiger partial charge in [0.1, 0.15) is 6.10 Å². The molecule has 1 heterocycles. The molecule has 1 aliphatic rings. The van der Waals surface area contributed by atoms with Crippen molar-refractivity contribution in [1.82, 2.24) is 5.32 Å². The lowest BCUT2D eigenvalue weighted by Gasteiger charge is -2.30. The topological polar surface area (TPSA) is 119 Å². The highest BCUT2D eigenvalue weighted by atomic mass is 79.9. The summed E-state index contributed by atoms with van der Waals surface area (Å²) >= 11 is 3.39. The monoisotopic (exact) mass is 514 g/mol. The van der Waals surface area contributed by atoms with Crippen LogP contribution in [0.3, 0.4) is 0 Å². The first kappa shape index (κ1) is 24.2. The maximum Gasteiger partial charge on any atom is 0.337 e. The molecule has 0 saturated heterocycles. The number of nitro benzene ring substituents is 1. The smallest absolute Gasteiger partial charge is 0.337 e. The Morgan fingerprint density at radius 1 is 1.12 bits per heavy atom. The van der Waals surface area contributed by atoms with E-state index in [9.17, 15) is 24.8 Å². The number of carboxylic acid groups (broad SMARTS) is 1. The van der Waals surface area contributed by atoms with Crippen molar-refractivity contribution < 1.29 is 24.4 Å². The minimum absolute atomic E-state index is 0.0650. The average Bonchev–Trinajstić information content (AvgIpc) is 2.78. The van der Waals surface area contributed by atoms with Crippen LogP contribution in [-0.2, 0) is 14.3 Å². The number of nitrogens with one attached hydrogen (secondary N) is 1. The molecule has 0 saturated carbocycles. The molecule has 2 unspecified atom stereocenters. The first-order valence-corrected chi connectivity index (χ1v) is 11.3. The summed E-state index contributed by atoms with van der Waals surface area (Å²) in [6.45, 7) is 3.25. The first-order chi connectivity index (χ1) is 15.7. The fraction of sp³-hybridized carbons (Fsp3) is 0.250. The van der Waals surface area contributed by atoms with Gasteiger partial charge in [0, 0.05) is 28.9 Å². The Hall–Kier alpha value is -3.46. The van der Waals surface area contributed by atoms with E-state index in [0.717, 1.165) is 5.56 Å². The third-order valence-corrected chi connectivity index (χ3v) is 5.87. The Labute approximate surface area is 199 Å². The summed E-state index contributed by atoms with van der Waals surface area (Å²) in [5, 5.41) is 24.8. The number of aliphatic carboxylic acids is 1. The molecule has 8 nitrogen and oxygen atoms in total. The summed E-state index contributed by atoms with van der Waals surface area (Å²) in [5.74, 6) is -2.94. The summed E-state index contributed by atoms with van der Waals surface area (Å²) in [4.78, 5) is 36.4. The summed E-state index contributed by atoms with van der Waals surface area (Å²) < 4.78 is 5.86. The van der Waals surface area contributed by atoms with E-state index in [1.807, 2.05) is 30.3 Å². The summed E-state index contributed by atoms with van der Waals surface area (Å²) in [5.41, 5.74) is 1.77. The van der Waals surface area contributed by atoms with E-state index >= 15 is 0 Å². The number of nitrogens with zero attached hydrogens (tertiary/aromatic N) is 1. The van der Waals surface area contributed by atoms with Gasteiger partial charge < -0.3 is 15.2 Å². The van der Waals surface area contributed by atoms with Crippen LogP contribution in [0.25, 0.3) is 0 Å². The van der Waals surface area contributed by atoms with E-state index in [1.165, 1.54) is 18.2 Å². The van der Waals surface area contributed by atoms with Gasteiger partial charge in [-0.2, -0.15) is 0 Å². The predicted molar refractivity (Wildman–Crippen MR) is 126 cm³/mol. The molecule has 33 heavy (non-hydrogen) atoms. The van der Waals surface area contributed by atoms with Gasteiger partial charge in [-0.1, -0.05) is 58.4 Å². The molecule has 3 rings (SSSR count). The van der Waals surface area contributed by atoms with Crippen LogP contribution in [-0.4, -0.2) is 27.3 Å². The lowest BCUT2D eigenvalue weighted by Crippen LogP contribution is -2.32. The van der Waals surface area contributed by atoms with Crippen LogP contribution in [0.1, 0.15) is 43.4 Å². The maximum absolute atomic E-state index is 13.5. The number of ether oxygens (including phenoxy) is 1. The minimum atomic E-state index is -1.23. The van der Waals surface area contributed by atoms with Crippen molar-refractivity contribution in [3.05, 3.63) is 98.4 Å². The number of alkyl halides is 1. The average molecular weight is 515 g/mol. The molecule has 2 aromatic carbocycles. The molecular weight excluding hydrogens is 492 g/mol. The van der Waals surface area contributed by atoms with Crippen molar-refractivity contribution >= 4 is 33.6 Å². The standard InChI is InChI=1S/C24H23BrN2O6/c1-14-20(23(28)29)22(17-9-6-10-18(13-17)27(31)32)21(15(2)26-14)24(30)33-19(11-12-25)16-7-4-3-5-8-16/h3-10,13,19,22,26H,11-12H2,1-2H3,(H,28,29). The Balaban J connectivity index is 2.08. The molecule has 0 amide bonds. The molecular formula is C24H23BrN2O6. The number of benzene rings is 2. The SMILES string of the molecule is CC1=C(C(=O)O)C(c2cccc([N+](=O)[O-])c2)C(C(=O)OC(CCBr)c2ccccc2)=C(C)N1. The first-order valence-electron chi connectivity index (χ1n) is 10.2. The number of rotatable bonds is 8. The fourth-order valence-corrected chi connectivity index (χ4v) is 4.37. The molecule has 0 radical (unpaired) electrons. The molecule has 2 atom stereocenters. The number of non-ortho nitro benzene ring substituents is 1. The predicted octanol–water partition coefficient (Wildman–Crippen LogP) is 4.98. The third-order valence-electron chi connectivity index (χ3n) is 5.42. The molecule has 9 heteroatoms. The number of carboxylic acids is 1. The number of nitro groups is 1. The zero-order chi connectivity index (χ0) is 24.1.